The van der Waals surface area contributed by atoms with Gasteiger partial charge in [0.2, 0.25) is 0 Å². The molecule has 0 saturated carbocycles. The quantitative estimate of drug-likeness (QED) is 0.198. The predicted molar refractivity (Wildman–Crippen MR) is 183 cm³/mol. The van der Waals surface area contributed by atoms with Gasteiger partial charge in [-0.15, -0.1) is 0 Å². The van der Waals surface area contributed by atoms with E-state index >= 15 is 0 Å². The van der Waals surface area contributed by atoms with Gasteiger partial charge < -0.3 is 0 Å². The number of hydrogen-bond acceptors (Lipinski definition) is 0. The number of hydrogen-bond donors (Lipinski definition) is 0. The van der Waals surface area contributed by atoms with E-state index < -0.39 is 0 Å². The minimum Gasteiger partial charge on any atom is -0.0985 e. The highest BCUT2D eigenvalue weighted by Crippen LogP contribution is 2.47. The smallest absolute Gasteiger partial charge is 0.00199 e. The average Bonchev–Trinajstić information content (AvgIpc) is 3.06. The van der Waals surface area contributed by atoms with Crippen molar-refractivity contribution in [1.82, 2.24) is 0 Å². The van der Waals surface area contributed by atoms with Crippen LogP contribution in [0.1, 0.15) is 5.56 Å². The molecule has 0 nitrogen and oxygen atoms in total. The lowest BCUT2D eigenvalue weighted by molar-refractivity contribution is 1.62. The van der Waals surface area contributed by atoms with Crippen LogP contribution in [0.3, 0.4) is 0 Å². The summed E-state index contributed by atoms with van der Waals surface area (Å²) >= 11 is 0. The summed E-state index contributed by atoms with van der Waals surface area (Å²) in [5, 5.41) is 10.1. The van der Waals surface area contributed by atoms with Crippen molar-refractivity contribution in [3.63, 3.8) is 0 Å². The summed E-state index contributed by atoms with van der Waals surface area (Å²) in [6.07, 6.45) is 1.89. The Morgan fingerprint density at radius 2 is 0.810 bits per heavy atom. The van der Waals surface area contributed by atoms with Gasteiger partial charge in [0.15, 0.2) is 0 Å². The minimum atomic E-state index is 1.13. The van der Waals surface area contributed by atoms with Gasteiger partial charge in [-0.1, -0.05) is 158 Å². The zero-order valence-corrected chi connectivity index (χ0v) is 23.2. The first kappa shape index (κ1) is 24.3. The van der Waals surface area contributed by atoms with E-state index in [4.69, 9.17) is 0 Å². The van der Waals surface area contributed by atoms with Crippen molar-refractivity contribution >= 4 is 49.2 Å². The van der Waals surface area contributed by atoms with Gasteiger partial charge in [0.05, 0.1) is 0 Å². The molecule has 8 aromatic rings. The molecular formula is C42H28. The molecule has 0 aliphatic rings. The summed E-state index contributed by atoms with van der Waals surface area (Å²) in [5.74, 6) is 0. The molecule has 0 N–H and O–H groups in total. The van der Waals surface area contributed by atoms with Crippen LogP contribution in [0.15, 0.2) is 158 Å². The molecule has 196 valence electrons. The van der Waals surface area contributed by atoms with Gasteiger partial charge in [-0.25, -0.2) is 0 Å². The van der Waals surface area contributed by atoms with Gasteiger partial charge in [0.1, 0.15) is 0 Å². The van der Waals surface area contributed by atoms with E-state index in [9.17, 15) is 0 Å². The fraction of sp³-hybridized carbons (Fsp3) is 0. The van der Waals surface area contributed by atoms with Crippen LogP contribution >= 0.6 is 0 Å². The van der Waals surface area contributed by atoms with Gasteiger partial charge in [-0.3, -0.25) is 0 Å². The zero-order valence-electron chi connectivity index (χ0n) is 23.2. The Labute approximate surface area is 245 Å². The Morgan fingerprint density at radius 1 is 0.357 bits per heavy atom. The van der Waals surface area contributed by atoms with Gasteiger partial charge in [0, 0.05) is 0 Å². The predicted octanol–water partition coefficient (Wildman–Crippen LogP) is 11.9. The lowest BCUT2D eigenvalue weighted by Crippen LogP contribution is -1.93. The highest BCUT2D eigenvalue weighted by molar-refractivity contribution is 6.25. The Hall–Kier alpha value is -5.46. The van der Waals surface area contributed by atoms with Crippen molar-refractivity contribution < 1.29 is 0 Å². The number of benzene rings is 8. The van der Waals surface area contributed by atoms with Crippen LogP contribution < -0.4 is 0 Å². The number of fused-ring (bicyclic) bond motifs is 4. The monoisotopic (exact) mass is 532 g/mol. The molecule has 0 saturated heterocycles. The van der Waals surface area contributed by atoms with Crippen LogP contribution in [0.4, 0.5) is 0 Å². The molecule has 0 aliphatic heterocycles. The first-order chi connectivity index (χ1) is 20.8. The van der Waals surface area contributed by atoms with E-state index in [1.807, 2.05) is 6.08 Å². The summed E-state index contributed by atoms with van der Waals surface area (Å²) in [6.45, 7) is 3.93. The molecule has 0 atom stereocenters. The Bertz CT molecular complexity index is 2290. The lowest BCUT2D eigenvalue weighted by Gasteiger charge is -2.20. The molecule has 8 aromatic carbocycles. The topological polar surface area (TPSA) is 0 Å². The van der Waals surface area contributed by atoms with Crippen LogP contribution in [-0.4, -0.2) is 0 Å². The first-order valence-electron chi connectivity index (χ1n) is 14.5. The molecule has 0 heteroatoms. The van der Waals surface area contributed by atoms with Crippen LogP contribution in [0.2, 0.25) is 0 Å². The van der Waals surface area contributed by atoms with E-state index in [2.05, 4.69) is 158 Å². The molecule has 0 aromatic heterocycles. The molecule has 42 heavy (non-hydrogen) atoms. The van der Waals surface area contributed by atoms with Crippen LogP contribution in [0.5, 0.6) is 0 Å². The van der Waals surface area contributed by atoms with Crippen LogP contribution in [0.25, 0.3) is 82.5 Å². The fourth-order valence-corrected chi connectivity index (χ4v) is 6.64. The molecule has 0 bridgehead atoms. The van der Waals surface area contributed by atoms with Crippen molar-refractivity contribution in [2.24, 2.45) is 0 Å². The van der Waals surface area contributed by atoms with Crippen molar-refractivity contribution in [3.05, 3.63) is 164 Å². The maximum Gasteiger partial charge on any atom is -0.00199 e. The highest BCUT2D eigenvalue weighted by Gasteiger charge is 2.19. The van der Waals surface area contributed by atoms with E-state index in [0.29, 0.717) is 0 Å². The van der Waals surface area contributed by atoms with E-state index in [1.54, 1.807) is 0 Å². The van der Waals surface area contributed by atoms with Gasteiger partial charge in [-0.2, -0.15) is 0 Å². The Balaban J connectivity index is 1.55. The average molecular weight is 533 g/mol. The van der Waals surface area contributed by atoms with E-state index in [-0.39, 0.29) is 0 Å². The molecule has 0 radical (unpaired) electrons. The lowest BCUT2D eigenvalue weighted by atomic mass is 9.83. The van der Waals surface area contributed by atoms with Gasteiger partial charge in [0.25, 0.3) is 0 Å². The molecule has 8 rings (SSSR count). The minimum absolute atomic E-state index is 1.13. The molecule has 0 heterocycles. The van der Waals surface area contributed by atoms with Crippen molar-refractivity contribution in [1.29, 1.82) is 0 Å². The van der Waals surface area contributed by atoms with Gasteiger partial charge in [-0.05, 0) is 88.1 Å². The van der Waals surface area contributed by atoms with Crippen LogP contribution in [0, 0.1) is 0 Å². The largest absolute Gasteiger partial charge is 0.0985 e. The van der Waals surface area contributed by atoms with Crippen molar-refractivity contribution in [2.75, 3.05) is 0 Å². The molecule has 0 spiro atoms. The Morgan fingerprint density at radius 3 is 1.38 bits per heavy atom. The summed E-state index contributed by atoms with van der Waals surface area (Å²) in [5.41, 5.74) is 8.63. The second-order valence-electron chi connectivity index (χ2n) is 10.9. The van der Waals surface area contributed by atoms with Crippen LogP contribution in [-0.2, 0) is 0 Å². The summed E-state index contributed by atoms with van der Waals surface area (Å²) in [6, 6.07) is 55.4. The molecule has 0 fully saturated rings. The standard InChI is InChI=1S/C42H28/c1-2-28-21-23-29(24-22-28)32-25-26-39-40(27-32)42(36-20-10-14-31-12-4-6-16-34(31)36)38-18-8-7-17-37(38)41(39)35-19-9-13-30-11-3-5-15-33(30)35/h2-27H,1H2. The van der Waals surface area contributed by atoms with E-state index in [0.717, 1.165) is 5.56 Å². The molecule has 0 aliphatic carbocycles. The third-order valence-electron chi connectivity index (χ3n) is 8.62. The first-order valence-corrected chi connectivity index (χ1v) is 14.5. The fourth-order valence-electron chi connectivity index (χ4n) is 6.64. The van der Waals surface area contributed by atoms with Gasteiger partial charge >= 0.3 is 0 Å². The third kappa shape index (κ3) is 3.84. The van der Waals surface area contributed by atoms with Crippen molar-refractivity contribution in [2.45, 2.75) is 0 Å². The summed E-state index contributed by atoms with van der Waals surface area (Å²) in [4.78, 5) is 0. The maximum atomic E-state index is 3.93. The summed E-state index contributed by atoms with van der Waals surface area (Å²) < 4.78 is 0. The Kier molecular flexibility index (Phi) is 5.72. The second-order valence-corrected chi connectivity index (χ2v) is 10.9. The molecule has 0 unspecified atom stereocenters. The van der Waals surface area contributed by atoms with Crippen molar-refractivity contribution in [3.8, 4) is 33.4 Å². The SMILES string of the molecule is C=Cc1ccc(-c2ccc3c(-c4cccc5ccccc45)c4ccccc4c(-c4cccc5ccccc45)c3c2)cc1. The highest BCUT2D eigenvalue weighted by atomic mass is 14.2. The van der Waals surface area contributed by atoms with E-state index in [1.165, 1.54) is 76.5 Å². The molecule has 0 amide bonds. The maximum absolute atomic E-state index is 3.93. The normalized spacial score (nSPS) is 11.4. The second kappa shape index (κ2) is 9.87. The third-order valence-corrected chi connectivity index (χ3v) is 8.62. The number of rotatable bonds is 4. The zero-order chi connectivity index (χ0) is 28.0. The summed E-state index contributed by atoms with van der Waals surface area (Å²) in [7, 11) is 0. The molecular weight excluding hydrogens is 504 g/mol.